The lowest BCUT2D eigenvalue weighted by Crippen LogP contribution is -2.30. The van der Waals surface area contributed by atoms with E-state index in [0.29, 0.717) is 35.2 Å². The van der Waals surface area contributed by atoms with E-state index in [2.05, 4.69) is 21.2 Å². The van der Waals surface area contributed by atoms with Crippen LogP contribution in [0.4, 0.5) is 0 Å². The minimum absolute atomic E-state index is 0.129. The topological polar surface area (TPSA) is 64.6 Å². The maximum absolute atomic E-state index is 11.5. The third-order valence-electron chi connectivity index (χ3n) is 2.32. The van der Waals surface area contributed by atoms with Gasteiger partial charge >= 0.3 is 0 Å². The standard InChI is InChI=1S/C13H16BrNO4/c1-18-7-3-6-15-12(17)9-19-13-10(8-16)4-2-5-11(13)14/h2,4-5,8H,3,6-7,9H2,1H3,(H,15,17). The largest absolute Gasteiger partial charge is 0.482 e. The molecule has 0 unspecified atom stereocenters. The Morgan fingerprint density at radius 3 is 2.95 bits per heavy atom. The Balaban J connectivity index is 2.44. The molecule has 0 spiro atoms. The van der Waals surface area contributed by atoms with Crippen molar-refractivity contribution in [3.05, 3.63) is 28.2 Å². The molecule has 6 heteroatoms. The molecular weight excluding hydrogens is 314 g/mol. The quantitative estimate of drug-likeness (QED) is 0.583. The summed E-state index contributed by atoms with van der Waals surface area (Å²) in [5, 5.41) is 2.70. The third kappa shape index (κ3) is 5.40. The molecule has 0 atom stereocenters. The summed E-state index contributed by atoms with van der Waals surface area (Å²) in [4.78, 5) is 22.4. The van der Waals surface area contributed by atoms with E-state index < -0.39 is 0 Å². The van der Waals surface area contributed by atoms with Crippen molar-refractivity contribution in [3.63, 3.8) is 0 Å². The fraction of sp³-hybridized carbons (Fsp3) is 0.385. The number of halogens is 1. The molecule has 0 bridgehead atoms. The van der Waals surface area contributed by atoms with Crippen LogP contribution in [0.1, 0.15) is 16.8 Å². The zero-order chi connectivity index (χ0) is 14.1. The van der Waals surface area contributed by atoms with Gasteiger partial charge in [-0.05, 0) is 34.5 Å². The molecule has 1 aromatic carbocycles. The summed E-state index contributed by atoms with van der Waals surface area (Å²) in [5.41, 5.74) is 0.404. The van der Waals surface area contributed by atoms with E-state index in [1.165, 1.54) is 0 Å². The molecule has 19 heavy (non-hydrogen) atoms. The van der Waals surface area contributed by atoms with Gasteiger partial charge < -0.3 is 14.8 Å². The van der Waals surface area contributed by atoms with Gasteiger partial charge in [-0.15, -0.1) is 0 Å². The second-order valence-electron chi connectivity index (χ2n) is 3.76. The SMILES string of the molecule is COCCCNC(=O)COc1c(Br)cccc1C=O. The lowest BCUT2D eigenvalue weighted by molar-refractivity contribution is -0.123. The Labute approximate surface area is 120 Å². The number of methoxy groups -OCH3 is 1. The first-order chi connectivity index (χ1) is 9.19. The van der Waals surface area contributed by atoms with E-state index in [9.17, 15) is 9.59 Å². The predicted molar refractivity (Wildman–Crippen MR) is 74.5 cm³/mol. The number of rotatable bonds is 8. The number of hydrogen-bond donors (Lipinski definition) is 1. The maximum atomic E-state index is 11.5. The van der Waals surface area contributed by atoms with Gasteiger partial charge in [0.15, 0.2) is 12.9 Å². The Bertz CT molecular complexity index is 437. The summed E-state index contributed by atoms with van der Waals surface area (Å²) >= 11 is 3.28. The number of benzene rings is 1. The molecule has 0 aromatic heterocycles. The van der Waals surface area contributed by atoms with Crippen molar-refractivity contribution in [1.29, 1.82) is 0 Å². The second-order valence-corrected chi connectivity index (χ2v) is 4.62. The molecule has 1 N–H and O–H groups in total. The molecule has 0 radical (unpaired) electrons. The molecule has 0 aliphatic carbocycles. The van der Waals surface area contributed by atoms with Crippen LogP contribution in [0.25, 0.3) is 0 Å². The minimum atomic E-state index is -0.233. The van der Waals surface area contributed by atoms with Crippen LogP contribution in [-0.4, -0.2) is 39.1 Å². The van der Waals surface area contributed by atoms with E-state index in [1.54, 1.807) is 25.3 Å². The van der Waals surface area contributed by atoms with Gasteiger partial charge in [-0.2, -0.15) is 0 Å². The van der Waals surface area contributed by atoms with Gasteiger partial charge in [0.1, 0.15) is 5.75 Å². The van der Waals surface area contributed by atoms with Gasteiger partial charge in [-0.3, -0.25) is 9.59 Å². The van der Waals surface area contributed by atoms with Gasteiger partial charge in [-0.1, -0.05) is 6.07 Å². The lowest BCUT2D eigenvalue weighted by atomic mass is 10.2. The number of amides is 1. The van der Waals surface area contributed by atoms with Gasteiger partial charge in [0.05, 0.1) is 10.0 Å². The number of ether oxygens (including phenoxy) is 2. The summed E-state index contributed by atoms with van der Waals surface area (Å²) in [6.07, 6.45) is 1.44. The molecule has 1 aromatic rings. The number of hydrogen-bond acceptors (Lipinski definition) is 4. The average Bonchev–Trinajstić information content (AvgIpc) is 2.42. The summed E-state index contributed by atoms with van der Waals surface area (Å²) < 4.78 is 10.9. The number of carbonyl (C=O) groups excluding carboxylic acids is 2. The monoisotopic (exact) mass is 329 g/mol. The van der Waals surface area contributed by atoms with Gasteiger partial charge in [0.25, 0.3) is 5.91 Å². The zero-order valence-corrected chi connectivity index (χ0v) is 12.2. The van der Waals surface area contributed by atoms with Crippen LogP contribution in [0.15, 0.2) is 22.7 Å². The van der Waals surface area contributed by atoms with E-state index in [4.69, 9.17) is 9.47 Å². The van der Waals surface area contributed by atoms with Crippen molar-refractivity contribution in [1.82, 2.24) is 5.32 Å². The first-order valence-corrected chi connectivity index (χ1v) is 6.60. The highest BCUT2D eigenvalue weighted by molar-refractivity contribution is 9.10. The van der Waals surface area contributed by atoms with E-state index in [0.717, 1.165) is 6.42 Å². The van der Waals surface area contributed by atoms with Gasteiger partial charge in [0, 0.05) is 20.3 Å². The number of para-hydroxylation sites is 1. The molecule has 1 amide bonds. The fourth-order valence-corrected chi connectivity index (χ4v) is 1.90. The molecule has 0 fully saturated rings. The first kappa shape index (κ1) is 15.7. The normalized spacial score (nSPS) is 10.0. The van der Waals surface area contributed by atoms with Crippen molar-refractivity contribution >= 4 is 28.1 Å². The molecule has 0 heterocycles. The van der Waals surface area contributed by atoms with Crippen molar-refractivity contribution in [3.8, 4) is 5.75 Å². The highest BCUT2D eigenvalue weighted by Crippen LogP contribution is 2.27. The maximum Gasteiger partial charge on any atom is 0.257 e. The van der Waals surface area contributed by atoms with Crippen molar-refractivity contribution in [2.45, 2.75) is 6.42 Å². The number of carbonyl (C=O) groups is 2. The first-order valence-electron chi connectivity index (χ1n) is 5.81. The summed E-state index contributed by atoms with van der Waals surface area (Å²) in [6.45, 7) is 1.00. The Kier molecular flexibility index (Phi) is 7.14. The highest BCUT2D eigenvalue weighted by atomic mass is 79.9. The van der Waals surface area contributed by atoms with Crippen LogP contribution >= 0.6 is 15.9 Å². The summed E-state index contributed by atoms with van der Waals surface area (Å²) in [7, 11) is 1.61. The molecule has 0 aliphatic rings. The van der Waals surface area contributed by atoms with Gasteiger partial charge in [0.2, 0.25) is 0 Å². The molecule has 0 aliphatic heterocycles. The smallest absolute Gasteiger partial charge is 0.257 e. The Hall–Kier alpha value is -1.40. The van der Waals surface area contributed by atoms with E-state index in [-0.39, 0.29) is 12.5 Å². The highest BCUT2D eigenvalue weighted by Gasteiger charge is 2.09. The van der Waals surface area contributed by atoms with Crippen LogP contribution in [-0.2, 0) is 9.53 Å². The zero-order valence-electron chi connectivity index (χ0n) is 10.6. The van der Waals surface area contributed by atoms with Crippen LogP contribution < -0.4 is 10.1 Å². The van der Waals surface area contributed by atoms with Crippen LogP contribution in [0.5, 0.6) is 5.75 Å². The van der Waals surface area contributed by atoms with Crippen molar-refractivity contribution in [2.24, 2.45) is 0 Å². The van der Waals surface area contributed by atoms with Crippen LogP contribution in [0.3, 0.4) is 0 Å². The van der Waals surface area contributed by atoms with Crippen LogP contribution in [0, 0.1) is 0 Å². The molecule has 0 saturated heterocycles. The number of aldehydes is 1. The molecule has 0 saturated carbocycles. The molecule has 104 valence electrons. The van der Waals surface area contributed by atoms with Crippen molar-refractivity contribution < 1.29 is 19.1 Å². The molecule has 1 rings (SSSR count). The second kappa shape index (κ2) is 8.66. The summed E-state index contributed by atoms with van der Waals surface area (Å²) in [6, 6.07) is 5.11. The molecule has 5 nitrogen and oxygen atoms in total. The van der Waals surface area contributed by atoms with Crippen molar-refractivity contribution in [2.75, 3.05) is 26.9 Å². The van der Waals surface area contributed by atoms with Crippen LogP contribution in [0.2, 0.25) is 0 Å². The average molecular weight is 330 g/mol. The Morgan fingerprint density at radius 2 is 2.26 bits per heavy atom. The molecular formula is C13H16BrNO4. The number of nitrogens with one attached hydrogen (secondary N) is 1. The lowest BCUT2D eigenvalue weighted by Gasteiger charge is -2.10. The van der Waals surface area contributed by atoms with E-state index in [1.807, 2.05) is 0 Å². The third-order valence-corrected chi connectivity index (χ3v) is 2.94. The predicted octanol–water partition coefficient (Wildman–Crippen LogP) is 1.79. The van der Waals surface area contributed by atoms with E-state index >= 15 is 0 Å². The Morgan fingerprint density at radius 1 is 1.47 bits per heavy atom. The summed E-state index contributed by atoms with van der Waals surface area (Å²) in [5.74, 6) is 0.147. The fourth-order valence-electron chi connectivity index (χ4n) is 1.40. The van der Waals surface area contributed by atoms with Gasteiger partial charge in [-0.25, -0.2) is 0 Å². The minimum Gasteiger partial charge on any atom is -0.482 e.